The largest absolute Gasteiger partial charge is 0.359 e. The van der Waals surface area contributed by atoms with Crippen LogP contribution in [0.3, 0.4) is 0 Å². The molecule has 0 saturated carbocycles. The number of aromatic amines is 1. The molecule has 2 aromatic rings. The van der Waals surface area contributed by atoms with Gasteiger partial charge in [-0.25, -0.2) is 0 Å². The molecule has 2 heteroatoms. The molecule has 2 rings (SSSR count). The van der Waals surface area contributed by atoms with E-state index in [4.69, 9.17) is 0 Å². The minimum Gasteiger partial charge on any atom is -0.359 e. The molecule has 0 aliphatic carbocycles. The van der Waals surface area contributed by atoms with Crippen LogP contribution < -0.4 is 0 Å². The number of aromatic nitrogens is 1. The van der Waals surface area contributed by atoms with Crippen molar-refractivity contribution in [3.05, 3.63) is 35.5 Å². The van der Waals surface area contributed by atoms with Gasteiger partial charge in [0.15, 0.2) is 0 Å². The molecule has 14 heavy (non-hydrogen) atoms. The van der Waals surface area contributed by atoms with Crippen molar-refractivity contribution in [1.29, 1.82) is 0 Å². The highest BCUT2D eigenvalue weighted by Crippen LogP contribution is 2.17. The van der Waals surface area contributed by atoms with E-state index in [-0.39, 0.29) is 0 Å². The number of hydrogen-bond donors (Lipinski definition) is 2. The van der Waals surface area contributed by atoms with Crippen molar-refractivity contribution in [3.63, 3.8) is 0 Å². The first kappa shape index (κ1) is 9.66. The zero-order valence-corrected chi connectivity index (χ0v) is 9.27. The van der Waals surface area contributed by atoms with E-state index in [1.807, 2.05) is 0 Å². The minimum atomic E-state index is 0.963. The molecule has 0 atom stereocenters. The van der Waals surface area contributed by atoms with Gasteiger partial charge >= 0.3 is 0 Å². The van der Waals surface area contributed by atoms with Crippen LogP contribution in [0.25, 0.3) is 10.9 Å². The van der Waals surface area contributed by atoms with Gasteiger partial charge in [0.1, 0.15) is 0 Å². The van der Waals surface area contributed by atoms with E-state index in [1.165, 1.54) is 22.2 Å². The van der Waals surface area contributed by atoms with E-state index in [2.05, 4.69) is 48.8 Å². The van der Waals surface area contributed by atoms with Gasteiger partial charge in [0.25, 0.3) is 0 Å². The van der Waals surface area contributed by atoms with E-state index < -0.39 is 0 Å². The van der Waals surface area contributed by atoms with Gasteiger partial charge in [-0.15, -0.1) is 0 Å². The quantitative estimate of drug-likeness (QED) is 0.715. The molecule has 1 N–H and O–H groups in total. The Morgan fingerprint density at radius 1 is 1.29 bits per heavy atom. The highest BCUT2D eigenvalue weighted by Gasteiger charge is 1.98. The second kappa shape index (κ2) is 4.09. The molecule has 0 amide bonds. The highest BCUT2D eigenvalue weighted by molar-refractivity contribution is 7.80. The third-order valence-corrected chi connectivity index (χ3v) is 2.76. The van der Waals surface area contributed by atoms with Crippen LogP contribution >= 0.6 is 12.6 Å². The van der Waals surface area contributed by atoms with Crippen LogP contribution in [0.4, 0.5) is 0 Å². The minimum absolute atomic E-state index is 0.963. The van der Waals surface area contributed by atoms with Crippen LogP contribution in [0.15, 0.2) is 24.3 Å². The van der Waals surface area contributed by atoms with Crippen molar-refractivity contribution in [1.82, 2.24) is 4.98 Å². The highest BCUT2D eigenvalue weighted by atomic mass is 32.1. The number of aryl methyl sites for hydroxylation is 2. The van der Waals surface area contributed by atoms with Crippen LogP contribution in [-0.4, -0.2) is 10.7 Å². The summed E-state index contributed by atoms with van der Waals surface area (Å²) < 4.78 is 0. The summed E-state index contributed by atoms with van der Waals surface area (Å²) in [5.74, 6) is 0.963. The molecule has 0 aliphatic heterocycles. The maximum atomic E-state index is 4.22. The van der Waals surface area contributed by atoms with E-state index in [1.54, 1.807) is 0 Å². The smallest absolute Gasteiger partial charge is 0.0456 e. The van der Waals surface area contributed by atoms with Crippen LogP contribution in [0, 0.1) is 6.92 Å². The Labute approximate surface area is 89.9 Å². The van der Waals surface area contributed by atoms with Gasteiger partial charge in [-0.1, -0.05) is 6.07 Å². The number of hydrogen-bond acceptors (Lipinski definition) is 1. The van der Waals surface area contributed by atoms with Crippen molar-refractivity contribution in [2.75, 3.05) is 5.75 Å². The monoisotopic (exact) mass is 205 g/mol. The molecule has 0 fully saturated rings. The summed E-state index contributed by atoms with van der Waals surface area (Å²) in [6, 6.07) is 8.82. The lowest BCUT2D eigenvalue weighted by Crippen LogP contribution is -1.85. The Balaban J connectivity index is 2.31. The number of fused-ring (bicyclic) bond motifs is 1. The number of nitrogens with one attached hydrogen (secondary N) is 1. The topological polar surface area (TPSA) is 15.8 Å². The average Bonchev–Trinajstić information content (AvgIpc) is 2.54. The Morgan fingerprint density at radius 2 is 2.14 bits per heavy atom. The molecule has 1 heterocycles. The number of thiol groups is 1. The van der Waals surface area contributed by atoms with Gasteiger partial charge in [0, 0.05) is 11.2 Å². The maximum absolute atomic E-state index is 4.22. The van der Waals surface area contributed by atoms with Gasteiger partial charge in [-0.2, -0.15) is 12.6 Å². The van der Waals surface area contributed by atoms with Crippen LogP contribution in [0.5, 0.6) is 0 Å². The van der Waals surface area contributed by atoms with Crippen molar-refractivity contribution in [2.24, 2.45) is 0 Å². The van der Waals surface area contributed by atoms with Gasteiger partial charge in [0.05, 0.1) is 0 Å². The summed E-state index contributed by atoms with van der Waals surface area (Å²) >= 11 is 4.22. The zero-order chi connectivity index (χ0) is 9.97. The Morgan fingerprint density at radius 3 is 2.93 bits per heavy atom. The fourth-order valence-electron chi connectivity index (χ4n) is 1.77. The van der Waals surface area contributed by atoms with E-state index in [9.17, 15) is 0 Å². The summed E-state index contributed by atoms with van der Waals surface area (Å²) in [7, 11) is 0. The third kappa shape index (κ3) is 1.95. The molecule has 1 nitrogen and oxygen atoms in total. The first-order valence-corrected chi connectivity index (χ1v) is 5.62. The second-order valence-electron chi connectivity index (χ2n) is 3.70. The van der Waals surface area contributed by atoms with Crippen molar-refractivity contribution in [2.45, 2.75) is 19.8 Å². The predicted molar refractivity (Wildman–Crippen MR) is 65.2 cm³/mol. The lowest BCUT2D eigenvalue weighted by Gasteiger charge is -1.99. The normalized spacial score (nSPS) is 11.0. The fraction of sp³-hybridized carbons (Fsp3) is 0.333. The Bertz CT molecular complexity index is 431. The second-order valence-corrected chi connectivity index (χ2v) is 4.15. The molecule has 1 aromatic carbocycles. The standard InChI is InChI=1S/C12H15NS/c1-9-7-11-8-10(3-2-6-14)4-5-12(11)13-9/h4-5,7-8,13-14H,2-3,6H2,1H3. The summed E-state index contributed by atoms with van der Waals surface area (Å²) in [4.78, 5) is 3.33. The van der Waals surface area contributed by atoms with Crippen LogP contribution in [0.1, 0.15) is 17.7 Å². The van der Waals surface area contributed by atoms with Gasteiger partial charge in [-0.05, 0) is 54.7 Å². The SMILES string of the molecule is Cc1cc2cc(CCCS)ccc2[nH]1. The third-order valence-electron chi connectivity index (χ3n) is 2.44. The van der Waals surface area contributed by atoms with Gasteiger partial charge in [0.2, 0.25) is 0 Å². The van der Waals surface area contributed by atoms with E-state index in [0.717, 1.165) is 18.6 Å². The lowest BCUT2D eigenvalue weighted by atomic mass is 10.1. The first-order chi connectivity index (χ1) is 6.79. The van der Waals surface area contributed by atoms with Crippen molar-refractivity contribution in [3.8, 4) is 0 Å². The lowest BCUT2D eigenvalue weighted by molar-refractivity contribution is 0.938. The molecule has 0 aliphatic rings. The summed E-state index contributed by atoms with van der Waals surface area (Å²) in [6.45, 7) is 2.09. The zero-order valence-electron chi connectivity index (χ0n) is 8.38. The summed E-state index contributed by atoms with van der Waals surface area (Å²) in [5, 5.41) is 1.32. The van der Waals surface area contributed by atoms with Crippen LogP contribution in [0.2, 0.25) is 0 Å². The van der Waals surface area contributed by atoms with Crippen molar-refractivity contribution < 1.29 is 0 Å². The average molecular weight is 205 g/mol. The molecule has 0 bridgehead atoms. The maximum Gasteiger partial charge on any atom is 0.0456 e. The van der Waals surface area contributed by atoms with E-state index >= 15 is 0 Å². The Hall–Kier alpha value is -0.890. The molecule has 0 spiro atoms. The number of benzene rings is 1. The number of H-pyrrole nitrogens is 1. The van der Waals surface area contributed by atoms with Crippen molar-refractivity contribution >= 4 is 23.5 Å². The fourth-order valence-corrected chi connectivity index (χ4v) is 1.92. The molecule has 74 valence electrons. The Kier molecular flexibility index (Phi) is 2.82. The molecular formula is C12H15NS. The van der Waals surface area contributed by atoms with E-state index in [0.29, 0.717) is 0 Å². The molecule has 1 aromatic heterocycles. The van der Waals surface area contributed by atoms with Crippen LogP contribution in [-0.2, 0) is 6.42 Å². The summed E-state index contributed by atoms with van der Waals surface area (Å²) in [5.41, 5.74) is 3.87. The summed E-state index contributed by atoms with van der Waals surface area (Å²) in [6.07, 6.45) is 2.28. The molecule has 0 saturated heterocycles. The predicted octanol–water partition coefficient (Wildman–Crippen LogP) is 3.34. The number of rotatable bonds is 3. The molecular weight excluding hydrogens is 190 g/mol. The van der Waals surface area contributed by atoms with Gasteiger partial charge in [-0.3, -0.25) is 0 Å². The first-order valence-electron chi connectivity index (χ1n) is 4.99. The molecule has 0 radical (unpaired) electrons. The van der Waals surface area contributed by atoms with Gasteiger partial charge < -0.3 is 4.98 Å². The molecule has 0 unspecified atom stereocenters.